The van der Waals surface area contributed by atoms with Crippen molar-refractivity contribution in [3.05, 3.63) is 114 Å². The standard InChI is InChI=1S/C28H23N5O6/c1-14-3-7-18-16(9-14)5-6-17-10-15(2)4-8-19(17)23(18)21-13-33(28(39)32-25(21)36)27-30-11-20(26(37)38)24(31-27)29-12-22(34)35/h3-11,13,23H,12H2,1-2H3,(H,34,35)(H,37,38)(H,29,30,31)(H,32,36,39). The van der Waals surface area contributed by atoms with Crippen LogP contribution < -0.4 is 16.6 Å². The van der Waals surface area contributed by atoms with Gasteiger partial charge in [-0.2, -0.15) is 4.98 Å². The summed E-state index contributed by atoms with van der Waals surface area (Å²) in [5.41, 5.74) is 4.12. The molecule has 2 heterocycles. The third-order valence-electron chi connectivity index (χ3n) is 6.46. The summed E-state index contributed by atoms with van der Waals surface area (Å²) in [7, 11) is 0. The fourth-order valence-corrected chi connectivity index (χ4v) is 4.66. The third kappa shape index (κ3) is 4.85. The second-order valence-electron chi connectivity index (χ2n) is 9.23. The minimum atomic E-state index is -1.38. The number of hydrogen-bond donors (Lipinski definition) is 4. The number of anilines is 1. The number of aryl methyl sites for hydroxylation is 2. The zero-order valence-electron chi connectivity index (χ0n) is 20.9. The van der Waals surface area contributed by atoms with Crippen LogP contribution in [0.1, 0.15) is 55.2 Å². The predicted molar refractivity (Wildman–Crippen MR) is 144 cm³/mol. The number of aromatic carboxylic acids is 1. The van der Waals surface area contributed by atoms with Crippen molar-refractivity contribution in [1.82, 2.24) is 19.5 Å². The van der Waals surface area contributed by atoms with Gasteiger partial charge in [0.25, 0.3) is 5.56 Å². The van der Waals surface area contributed by atoms with Gasteiger partial charge in [-0.15, -0.1) is 0 Å². The number of aliphatic carboxylic acids is 1. The molecule has 11 heteroatoms. The summed E-state index contributed by atoms with van der Waals surface area (Å²) in [4.78, 5) is 59.3. The minimum Gasteiger partial charge on any atom is -0.480 e. The van der Waals surface area contributed by atoms with Gasteiger partial charge >= 0.3 is 17.6 Å². The first-order valence-corrected chi connectivity index (χ1v) is 11.9. The van der Waals surface area contributed by atoms with E-state index in [2.05, 4.69) is 20.3 Å². The average Bonchev–Trinajstić information content (AvgIpc) is 3.03. The van der Waals surface area contributed by atoms with Crippen LogP contribution >= 0.6 is 0 Å². The number of aromatic nitrogens is 4. The molecule has 2 aromatic carbocycles. The molecular weight excluding hydrogens is 502 g/mol. The van der Waals surface area contributed by atoms with E-state index in [-0.39, 0.29) is 22.9 Å². The molecule has 0 spiro atoms. The maximum atomic E-state index is 13.3. The van der Waals surface area contributed by atoms with Crippen molar-refractivity contribution >= 4 is 29.9 Å². The first kappa shape index (κ1) is 25.3. The second kappa shape index (κ2) is 9.86. The topological polar surface area (TPSA) is 167 Å². The Kier molecular flexibility index (Phi) is 6.40. The van der Waals surface area contributed by atoms with Crippen molar-refractivity contribution < 1.29 is 19.8 Å². The van der Waals surface area contributed by atoms with Gasteiger partial charge in [0.1, 0.15) is 17.9 Å². The van der Waals surface area contributed by atoms with Crippen LogP contribution in [0, 0.1) is 13.8 Å². The minimum absolute atomic E-state index is 0.240. The highest BCUT2D eigenvalue weighted by Gasteiger charge is 2.27. The molecule has 196 valence electrons. The molecule has 0 unspecified atom stereocenters. The number of fused-ring (bicyclic) bond motifs is 2. The lowest BCUT2D eigenvalue weighted by molar-refractivity contribution is -0.134. The van der Waals surface area contributed by atoms with Crippen molar-refractivity contribution in [1.29, 1.82) is 0 Å². The smallest absolute Gasteiger partial charge is 0.341 e. The number of nitrogens with zero attached hydrogens (tertiary/aromatic N) is 3. The molecule has 0 atom stereocenters. The molecule has 5 rings (SSSR count). The summed E-state index contributed by atoms with van der Waals surface area (Å²) in [5, 5.41) is 20.9. The predicted octanol–water partition coefficient (Wildman–Crippen LogP) is 2.79. The van der Waals surface area contributed by atoms with Crippen LogP contribution in [0.2, 0.25) is 0 Å². The van der Waals surface area contributed by atoms with Gasteiger partial charge in [0.15, 0.2) is 0 Å². The summed E-state index contributed by atoms with van der Waals surface area (Å²) in [5.74, 6) is -3.69. The number of carbonyl (C=O) groups is 2. The molecular formula is C28H23N5O6. The highest BCUT2D eigenvalue weighted by Crippen LogP contribution is 2.38. The number of benzene rings is 2. The number of carboxylic acids is 2. The summed E-state index contributed by atoms with van der Waals surface area (Å²) in [6.07, 6.45) is 6.32. The zero-order chi connectivity index (χ0) is 27.8. The molecule has 4 aromatic rings. The van der Waals surface area contributed by atoms with Crippen molar-refractivity contribution in [2.75, 3.05) is 11.9 Å². The summed E-state index contributed by atoms with van der Waals surface area (Å²) in [6, 6.07) is 11.9. The van der Waals surface area contributed by atoms with Crippen molar-refractivity contribution in [2.24, 2.45) is 0 Å². The molecule has 0 amide bonds. The van der Waals surface area contributed by atoms with Gasteiger partial charge in [0.05, 0.1) is 0 Å². The van der Waals surface area contributed by atoms with Gasteiger partial charge in [0.2, 0.25) is 5.95 Å². The number of carboxylic acid groups (broad SMARTS) is 2. The monoisotopic (exact) mass is 525 g/mol. The Bertz CT molecular complexity index is 1750. The first-order chi connectivity index (χ1) is 18.6. The van der Waals surface area contributed by atoms with E-state index in [0.717, 1.165) is 44.1 Å². The molecule has 0 fully saturated rings. The molecule has 0 saturated carbocycles. The van der Waals surface area contributed by atoms with E-state index < -0.39 is 35.7 Å². The normalized spacial score (nSPS) is 12.4. The summed E-state index contributed by atoms with van der Waals surface area (Å²) >= 11 is 0. The summed E-state index contributed by atoms with van der Waals surface area (Å²) < 4.78 is 1.01. The van der Waals surface area contributed by atoms with Crippen molar-refractivity contribution in [3.63, 3.8) is 0 Å². The van der Waals surface area contributed by atoms with Crippen LogP contribution in [-0.2, 0) is 4.79 Å². The van der Waals surface area contributed by atoms with Crippen LogP contribution in [0.4, 0.5) is 5.82 Å². The number of rotatable bonds is 6. The van der Waals surface area contributed by atoms with Crippen LogP contribution in [0.15, 0.2) is 58.4 Å². The molecule has 2 aromatic heterocycles. The molecule has 4 N–H and O–H groups in total. The molecule has 0 bridgehead atoms. The van der Waals surface area contributed by atoms with E-state index >= 15 is 0 Å². The van der Waals surface area contributed by atoms with E-state index in [0.29, 0.717) is 0 Å². The molecule has 0 radical (unpaired) electrons. The number of aromatic amines is 1. The van der Waals surface area contributed by atoms with Crippen molar-refractivity contribution in [3.8, 4) is 5.95 Å². The largest absolute Gasteiger partial charge is 0.480 e. The Labute approximate surface area is 221 Å². The van der Waals surface area contributed by atoms with Gasteiger partial charge in [-0.3, -0.25) is 14.6 Å². The van der Waals surface area contributed by atoms with Gasteiger partial charge < -0.3 is 15.5 Å². The van der Waals surface area contributed by atoms with Crippen LogP contribution in [0.5, 0.6) is 0 Å². The van der Waals surface area contributed by atoms with E-state index in [1.807, 2.05) is 62.4 Å². The maximum Gasteiger partial charge on any atom is 0.341 e. The van der Waals surface area contributed by atoms with Gasteiger partial charge in [-0.25, -0.2) is 19.1 Å². The first-order valence-electron chi connectivity index (χ1n) is 11.9. The molecule has 1 aliphatic carbocycles. The van der Waals surface area contributed by atoms with E-state index in [4.69, 9.17) is 5.11 Å². The van der Waals surface area contributed by atoms with Crippen molar-refractivity contribution in [2.45, 2.75) is 19.8 Å². The quantitative estimate of drug-likeness (QED) is 0.261. The van der Waals surface area contributed by atoms with E-state index in [1.54, 1.807) is 0 Å². The fourth-order valence-electron chi connectivity index (χ4n) is 4.66. The lowest BCUT2D eigenvalue weighted by Gasteiger charge is -2.21. The lowest BCUT2D eigenvalue weighted by Crippen LogP contribution is -2.33. The van der Waals surface area contributed by atoms with Gasteiger partial charge in [-0.1, -0.05) is 59.7 Å². The van der Waals surface area contributed by atoms with Gasteiger partial charge in [-0.05, 0) is 36.1 Å². The number of nitrogens with one attached hydrogen (secondary N) is 2. The maximum absolute atomic E-state index is 13.3. The SMILES string of the molecule is Cc1ccc2c(c1)C=Cc1cc(C)ccc1C2c1cn(-c2ncc(C(=O)O)c(NCC(=O)O)n2)c(=O)[nH]c1=O. The lowest BCUT2D eigenvalue weighted by atomic mass is 9.82. The number of H-pyrrole nitrogens is 1. The van der Waals surface area contributed by atoms with E-state index in [9.17, 15) is 24.3 Å². The second-order valence-corrected chi connectivity index (χ2v) is 9.23. The molecule has 39 heavy (non-hydrogen) atoms. The Hall–Kier alpha value is -5.32. The summed E-state index contributed by atoms with van der Waals surface area (Å²) in [6.45, 7) is 3.35. The number of hydrogen-bond acceptors (Lipinski definition) is 7. The molecule has 0 aliphatic heterocycles. The Morgan fingerprint density at radius 1 is 0.974 bits per heavy atom. The van der Waals surface area contributed by atoms with Crippen LogP contribution in [0.25, 0.3) is 18.1 Å². The zero-order valence-corrected chi connectivity index (χ0v) is 20.9. The molecule has 0 saturated heterocycles. The van der Waals surface area contributed by atoms with Crippen LogP contribution in [-0.4, -0.2) is 48.2 Å². The van der Waals surface area contributed by atoms with Gasteiger partial charge in [0, 0.05) is 23.9 Å². The fraction of sp³-hybridized carbons (Fsp3) is 0.143. The molecule has 1 aliphatic rings. The van der Waals surface area contributed by atoms with E-state index in [1.165, 1.54) is 6.20 Å². The molecule has 11 nitrogen and oxygen atoms in total. The van der Waals surface area contributed by atoms with Crippen LogP contribution in [0.3, 0.4) is 0 Å². The average molecular weight is 526 g/mol. The highest BCUT2D eigenvalue weighted by molar-refractivity contribution is 5.93. The third-order valence-corrected chi connectivity index (χ3v) is 6.46. The highest BCUT2D eigenvalue weighted by atomic mass is 16.4. The Balaban J connectivity index is 1.73. The Morgan fingerprint density at radius 2 is 1.59 bits per heavy atom. The Morgan fingerprint density at radius 3 is 2.15 bits per heavy atom.